The second-order valence-corrected chi connectivity index (χ2v) is 4.29. The van der Waals surface area contributed by atoms with Crippen LogP contribution in [0.2, 0.25) is 0 Å². The van der Waals surface area contributed by atoms with E-state index in [4.69, 9.17) is 15.9 Å². The molecule has 1 rings (SSSR count). The van der Waals surface area contributed by atoms with Gasteiger partial charge >= 0.3 is 11.9 Å². The number of ketones is 1. The highest BCUT2D eigenvalue weighted by molar-refractivity contribution is 6.00. The van der Waals surface area contributed by atoms with Gasteiger partial charge in [-0.3, -0.25) is 19.3 Å². The molecule has 20 heavy (non-hydrogen) atoms. The van der Waals surface area contributed by atoms with Gasteiger partial charge in [-0.05, 0) is 0 Å². The number of nitrogens with two attached hydrogens (primary N) is 1. The van der Waals surface area contributed by atoms with Crippen molar-refractivity contribution in [2.45, 2.75) is 6.04 Å². The Kier molecular flexibility index (Phi) is 5.82. The van der Waals surface area contributed by atoms with E-state index in [1.165, 1.54) is 0 Å². The van der Waals surface area contributed by atoms with Gasteiger partial charge in [0.25, 0.3) is 0 Å². The molecule has 0 fully saturated rings. The maximum absolute atomic E-state index is 12.0. The van der Waals surface area contributed by atoms with Crippen LogP contribution in [0.3, 0.4) is 0 Å². The van der Waals surface area contributed by atoms with E-state index in [2.05, 4.69) is 0 Å². The highest BCUT2D eigenvalue weighted by atomic mass is 16.4. The average Bonchev–Trinajstić information content (AvgIpc) is 2.37. The maximum Gasteiger partial charge on any atom is 0.317 e. The average molecular weight is 280 g/mol. The van der Waals surface area contributed by atoms with Crippen molar-refractivity contribution in [1.29, 1.82) is 0 Å². The molecule has 1 aromatic carbocycles. The van der Waals surface area contributed by atoms with Crippen LogP contribution >= 0.6 is 0 Å². The van der Waals surface area contributed by atoms with Gasteiger partial charge in [-0.15, -0.1) is 0 Å². The molecule has 0 radical (unpaired) electrons. The molecule has 0 aliphatic carbocycles. The zero-order valence-electron chi connectivity index (χ0n) is 10.7. The fraction of sp³-hybridized carbons (Fsp3) is 0.308. The standard InChI is InChI=1S/C13H16N2O5/c14-10(13(20)9-4-2-1-3-5-9)6-15(7-11(16)17)8-12(18)19/h1-5,10H,6-8,14H2,(H,16,17)(H,18,19). The first kappa shape index (κ1) is 15.8. The third-order valence-corrected chi connectivity index (χ3v) is 2.57. The van der Waals surface area contributed by atoms with Crippen molar-refractivity contribution in [3.63, 3.8) is 0 Å². The number of hydrogen-bond acceptors (Lipinski definition) is 5. The first-order chi connectivity index (χ1) is 9.40. The van der Waals surface area contributed by atoms with Gasteiger partial charge in [0.15, 0.2) is 5.78 Å². The number of carboxylic acid groups (broad SMARTS) is 2. The molecule has 0 spiro atoms. The molecular formula is C13H16N2O5. The molecule has 0 aromatic heterocycles. The molecule has 0 saturated heterocycles. The molecule has 0 aliphatic heterocycles. The molecule has 1 atom stereocenters. The lowest BCUT2D eigenvalue weighted by molar-refractivity contribution is -0.141. The van der Waals surface area contributed by atoms with E-state index in [1.807, 2.05) is 0 Å². The van der Waals surface area contributed by atoms with E-state index in [9.17, 15) is 14.4 Å². The predicted octanol–water partition coefficient (Wildman–Crippen LogP) is -0.332. The third kappa shape index (κ3) is 5.17. The van der Waals surface area contributed by atoms with Gasteiger partial charge in [0.2, 0.25) is 0 Å². The van der Waals surface area contributed by atoms with E-state index >= 15 is 0 Å². The van der Waals surface area contributed by atoms with Crippen LogP contribution in [-0.4, -0.2) is 58.5 Å². The van der Waals surface area contributed by atoms with Gasteiger partial charge in [0.1, 0.15) is 0 Å². The monoisotopic (exact) mass is 280 g/mol. The van der Waals surface area contributed by atoms with Gasteiger partial charge in [0.05, 0.1) is 19.1 Å². The summed E-state index contributed by atoms with van der Waals surface area (Å²) >= 11 is 0. The third-order valence-electron chi connectivity index (χ3n) is 2.57. The number of nitrogens with zero attached hydrogens (tertiary/aromatic N) is 1. The highest BCUT2D eigenvalue weighted by Gasteiger charge is 2.21. The summed E-state index contributed by atoms with van der Waals surface area (Å²) < 4.78 is 0. The number of rotatable bonds is 8. The largest absolute Gasteiger partial charge is 0.480 e. The van der Waals surface area contributed by atoms with Crippen LogP contribution in [0.25, 0.3) is 0 Å². The van der Waals surface area contributed by atoms with Crippen LogP contribution < -0.4 is 5.73 Å². The van der Waals surface area contributed by atoms with Crippen molar-refractivity contribution >= 4 is 17.7 Å². The normalized spacial score (nSPS) is 12.1. The highest BCUT2D eigenvalue weighted by Crippen LogP contribution is 2.04. The molecule has 0 saturated carbocycles. The smallest absolute Gasteiger partial charge is 0.317 e. The molecule has 1 aromatic rings. The molecule has 7 heteroatoms. The van der Waals surface area contributed by atoms with Gasteiger partial charge in [-0.25, -0.2) is 0 Å². The summed E-state index contributed by atoms with van der Waals surface area (Å²) in [6, 6.07) is 7.35. The molecule has 0 bridgehead atoms. The van der Waals surface area contributed by atoms with Crippen LogP contribution in [0.15, 0.2) is 30.3 Å². The Labute approximate surface area is 115 Å². The summed E-state index contributed by atoms with van der Waals surface area (Å²) in [5.74, 6) is -2.71. The number of carbonyl (C=O) groups is 3. The van der Waals surface area contributed by atoms with Crippen molar-refractivity contribution < 1.29 is 24.6 Å². The summed E-state index contributed by atoms with van der Waals surface area (Å²) in [4.78, 5) is 34.4. The number of hydrogen-bond donors (Lipinski definition) is 3. The number of aliphatic carboxylic acids is 2. The molecule has 0 heterocycles. The summed E-state index contributed by atoms with van der Waals surface area (Å²) in [6.45, 7) is -1.10. The fourth-order valence-electron chi connectivity index (χ4n) is 1.75. The first-order valence-electron chi connectivity index (χ1n) is 5.91. The molecule has 0 aliphatic rings. The molecule has 108 valence electrons. The summed E-state index contributed by atoms with van der Waals surface area (Å²) in [5.41, 5.74) is 6.13. The van der Waals surface area contributed by atoms with E-state index in [0.29, 0.717) is 5.56 Å². The van der Waals surface area contributed by atoms with Crippen LogP contribution in [0.1, 0.15) is 10.4 Å². The van der Waals surface area contributed by atoms with E-state index in [1.54, 1.807) is 30.3 Å². The Morgan fingerprint density at radius 3 is 2.00 bits per heavy atom. The molecule has 1 unspecified atom stereocenters. The van der Waals surface area contributed by atoms with E-state index in [-0.39, 0.29) is 12.3 Å². The molecule has 0 amide bonds. The van der Waals surface area contributed by atoms with Crippen LogP contribution in [0.5, 0.6) is 0 Å². The Balaban J connectivity index is 2.69. The zero-order chi connectivity index (χ0) is 15.1. The Hall–Kier alpha value is -2.25. The summed E-state index contributed by atoms with van der Waals surface area (Å²) in [7, 11) is 0. The van der Waals surface area contributed by atoms with Crippen molar-refractivity contribution in [2.24, 2.45) is 5.73 Å². The minimum absolute atomic E-state index is 0.133. The zero-order valence-corrected chi connectivity index (χ0v) is 10.7. The number of carbonyl (C=O) groups excluding carboxylic acids is 1. The quantitative estimate of drug-likeness (QED) is 0.557. The van der Waals surface area contributed by atoms with Crippen molar-refractivity contribution in [3.05, 3.63) is 35.9 Å². The topological polar surface area (TPSA) is 121 Å². The van der Waals surface area contributed by atoms with Gasteiger partial charge in [-0.1, -0.05) is 30.3 Å². The molecule has 7 nitrogen and oxygen atoms in total. The van der Waals surface area contributed by atoms with Crippen molar-refractivity contribution in [1.82, 2.24) is 4.90 Å². The van der Waals surface area contributed by atoms with Crippen LogP contribution in [0, 0.1) is 0 Å². The van der Waals surface area contributed by atoms with Crippen molar-refractivity contribution in [2.75, 3.05) is 19.6 Å². The maximum atomic E-state index is 12.0. The van der Waals surface area contributed by atoms with Crippen molar-refractivity contribution in [3.8, 4) is 0 Å². The Bertz CT molecular complexity index is 473. The first-order valence-corrected chi connectivity index (χ1v) is 5.91. The SMILES string of the molecule is NC(CN(CC(=O)O)CC(=O)O)C(=O)c1ccccc1. The second kappa shape index (κ2) is 7.37. The second-order valence-electron chi connectivity index (χ2n) is 4.29. The minimum Gasteiger partial charge on any atom is -0.480 e. The van der Waals surface area contributed by atoms with Crippen LogP contribution in [-0.2, 0) is 9.59 Å². The fourth-order valence-corrected chi connectivity index (χ4v) is 1.75. The molecular weight excluding hydrogens is 264 g/mol. The number of carboxylic acids is 2. The molecule has 4 N–H and O–H groups in total. The summed E-state index contributed by atoms with van der Waals surface area (Å²) in [5, 5.41) is 17.4. The van der Waals surface area contributed by atoms with Gasteiger partial charge in [-0.2, -0.15) is 0 Å². The summed E-state index contributed by atoms with van der Waals surface area (Å²) in [6.07, 6.45) is 0. The predicted molar refractivity (Wildman–Crippen MR) is 70.5 cm³/mol. The lowest BCUT2D eigenvalue weighted by Crippen LogP contribution is -2.46. The van der Waals surface area contributed by atoms with Gasteiger partial charge < -0.3 is 15.9 Å². The van der Waals surface area contributed by atoms with E-state index in [0.717, 1.165) is 4.90 Å². The lowest BCUT2D eigenvalue weighted by Gasteiger charge is -2.21. The van der Waals surface area contributed by atoms with Gasteiger partial charge in [0, 0.05) is 12.1 Å². The minimum atomic E-state index is -1.18. The number of benzene rings is 1. The van der Waals surface area contributed by atoms with Crippen LogP contribution in [0.4, 0.5) is 0 Å². The Morgan fingerprint density at radius 2 is 1.55 bits per heavy atom. The van der Waals surface area contributed by atoms with E-state index < -0.39 is 31.1 Å². The number of Topliss-reactive ketones (excluding diaryl/α,β-unsaturated/α-hetero) is 1. The Morgan fingerprint density at radius 1 is 1.05 bits per heavy atom. The lowest BCUT2D eigenvalue weighted by atomic mass is 10.0.